The number of aliphatic hydroxyl groups excluding tert-OH is 1. The van der Waals surface area contributed by atoms with Crippen molar-refractivity contribution in [3.8, 4) is 5.75 Å². The number of nitrogens with zero attached hydrogens (tertiary/aromatic N) is 1. The number of hydrogen-bond acceptors (Lipinski definition) is 4. The fourth-order valence-corrected chi connectivity index (χ4v) is 2.13. The molecule has 1 fully saturated rings. The maximum atomic E-state index is 12.7. The molecule has 0 amide bonds. The van der Waals surface area contributed by atoms with Gasteiger partial charge in [-0.2, -0.15) is 0 Å². The van der Waals surface area contributed by atoms with Gasteiger partial charge in [0.2, 0.25) is 0 Å². The zero-order chi connectivity index (χ0) is 13.7. The number of halogens is 1. The summed E-state index contributed by atoms with van der Waals surface area (Å²) in [7, 11) is 0. The summed E-state index contributed by atoms with van der Waals surface area (Å²) in [5.41, 5.74) is 0. The van der Waals surface area contributed by atoms with Crippen LogP contribution in [0.25, 0.3) is 0 Å². The predicted octanol–water partition coefficient (Wildman–Crippen LogP) is 1.29. The fourth-order valence-electron chi connectivity index (χ4n) is 2.13. The van der Waals surface area contributed by atoms with Crippen LogP contribution >= 0.6 is 0 Å². The summed E-state index contributed by atoms with van der Waals surface area (Å²) in [4.78, 5) is 2.16. The highest BCUT2D eigenvalue weighted by Gasteiger charge is 2.19. The molecule has 1 aromatic carbocycles. The first-order valence-corrected chi connectivity index (χ1v) is 6.54. The van der Waals surface area contributed by atoms with E-state index in [2.05, 4.69) is 4.90 Å². The first-order chi connectivity index (χ1) is 9.13. The minimum atomic E-state index is -0.560. The van der Waals surface area contributed by atoms with Crippen molar-refractivity contribution in [2.24, 2.45) is 0 Å². The molecule has 1 N–H and O–H groups in total. The van der Waals surface area contributed by atoms with Crippen molar-refractivity contribution in [1.82, 2.24) is 4.90 Å². The van der Waals surface area contributed by atoms with Crippen molar-refractivity contribution >= 4 is 0 Å². The lowest BCUT2D eigenvalue weighted by Crippen LogP contribution is -2.45. The van der Waals surface area contributed by atoms with Crippen molar-refractivity contribution in [2.75, 3.05) is 32.8 Å². The summed E-state index contributed by atoms with van der Waals surface area (Å²) < 4.78 is 23.6. The molecule has 2 atom stereocenters. The molecular formula is C14H20FNO3. The van der Waals surface area contributed by atoms with Crippen molar-refractivity contribution < 1.29 is 19.0 Å². The van der Waals surface area contributed by atoms with E-state index in [4.69, 9.17) is 9.47 Å². The van der Waals surface area contributed by atoms with Crippen LogP contribution in [0.2, 0.25) is 0 Å². The van der Waals surface area contributed by atoms with E-state index in [0.29, 0.717) is 18.9 Å². The third-order valence-corrected chi connectivity index (χ3v) is 3.05. The van der Waals surface area contributed by atoms with Crippen LogP contribution in [0.5, 0.6) is 5.75 Å². The van der Waals surface area contributed by atoms with Crippen molar-refractivity contribution in [3.63, 3.8) is 0 Å². The molecule has 1 aromatic rings. The van der Waals surface area contributed by atoms with E-state index >= 15 is 0 Å². The Morgan fingerprint density at radius 1 is 1.47 bits per heavy atom. The second-order valence-electron chi connectivity index (χ2n) is 4.86. The van der Waals surface area contributed by atoms with Gasteiger partial charge in [0, 0.05) is 19.6 Å². The van der Waals surface area contributed by atoms with Gasteiger partial charge in [-0.1, -0.05) is 0 Å². The molecule has 0 aromatic heterocycles. The molecule has 19 heavy (non-hydrogen) atoms. The minimum Gasteiger partial charge on any atom is -0.491 e. The average molecular weight is 269 g/mol. The highest BCUT2D eigenvalue weighted by molar-refractivity contribution is 5.22. The van der Waals surface area contributed by atoms with Gasteiger partial charge in [-0.25, -0.2) is 4.39 Å². The third kappa shape index (κ3) is 4.78. The summed E-state index contributed by atoms with van der Waals surface area (Å²) in [5.74, 6) is 0.269. The Labute approximate surface area is 112 Å². The Morgan fingerprint density at radius 3 is 2.89 bits per heavy atom. The van der Waals surface area contributed by atoms with Crippen molar-refractivity contribution in [1.29, 1.82) is 0 Å². The summed E-state index contributed by atoms with van der Waals surface area (Å²) >= 11 is 0. The third-order valence-electron chi connectivity index (χ3n) is 3.05. The number of hydrogen-bond donors (Lipinski definition) is 1. The van der Waals surface area contributed by atoms with Gasteiger partial charge >= 0.3 is 0 Å². The van der Waals surface area contributed by atoms with E-state index in [-0.39, 0.29) is 18.5 Å². The highest BCUT2D eigenvalue weighted by atomic mass is 19.1. The van der Waals surface area contributed by atoms with Gasteiger partial charge in [-0.3, -0.25) is 4.90 Å². The molecule has 0 aliphatic carbocycles. The molecule has 4 nitrogen and oxygen atoms in total. The van der Waals surface area contributed by atoms with E-state index in [9.17, 15) is 9.50 Å². The van der Waals surface area contributed by atoms with Crippen LogP contribution in [0.4, 0.5) is 4.39 Å². The maximum absolute atomic E-state index is 12.7. The van der Waals surface area contributed by atoms with E-state index in [1.807, 2.05) is 6.92 Å². The monoisotopic (exact) mass is 269 g/mol. The molecule has 0 spiro atoms. The Balaban J connectivity index is 1.72. The van der Waals surface area contributed by atoms with Crippen LogP contribution in [-0.2, 0) is 4.74 Å². The molecule has 1 saturated heterocycles. The van der Waals surface area contributed by atoms with Crippen molar-refractivity contribution in [3.05, 3.63) is 30.1 Å². The lowest BCUT2D eigenvalue weighted by Gasteiger charge is -2.32. The Hall–Kier alpha value is -1.17. The van der Waals surface area contributed by atoms with Gasteiger partial charge in [-0.05, 0) is 31.2 Å². The molecule has 5 heteroatoms. The summed E-state index contributed by atoms with van der Waals surface area (Å²) in [5, 5.41) is 9.92. The van der Waals surface area contributed by atoms with Crippen molar-refractivity contribution in [2.45, 2.75) is 19.1 Å². The molecule has 0 unspecified atom stereocenters. The second kappa shape index (κ2) is 6.84. The zero-order valence-electron chi connectivity index (χ0n) is 11.1. The topological polar surface area (TPSA) is 41.9 Å². The molecule has 2 rings (SSSR count). The minimum absolute atomic E-state index is 0.206. The van der Waals surface area contributed by atoms with Gasteiger partial charge in [0.05, 0.1) is 12.7 Å². The molecule has 0 bridgehead atoms. The molecule has 1 heterocycles. The lowest BCUT2D eigenvalue weighted by molar-refractivity contribution is -0.0361. The van der Waals surface area contributed by atoms with Crippen LogP contribution in [-0.4, -0.2) is 55.1 Å². The quantitative estimate of drug-likeness (QED) is 0.874. The van der Waals surface area contributed by atoms with E-state index in [1.54, 1.807) is 12.1 Å². The number of β-amino-alcohol motifs (C(OH)–C–C–N with tert-alkyl or cyclic N) is 1. The van der Waals surface area contributed by atoms with Crippen LogP contribution in [0.15, 0.2) is 24.3 Å². The number of aliphatic hydroxyl groups is 1. The van der Waals surface area contributed by atoms with Crippen LogP contribution in [0, 0.1) is 5.82 Å². The predicted molar refractivity (Wildman–Crippen MR) is 69.8 cm³/mol. The molecule has 0 saturated carbocycles. The Morgan fingerprint density at radius 2 is 2.21 bits per heavy atom. The number of rotatable bonds is 5. The first kappa shape index (κ1) is 14.2. The van der Waals surface area contributed by atoms with Crippen LogP contribution in [0.3, 0.4) is 0 Å². The van der Waals surface area contributed by atoms with E-state index in [1.165, 1.54) is 12.1 Å². The van der Waals surface area contributed by atoms with Gasteiger partial charge in [0.25, 0.3) is 0 Å². The summed E-state index contributed by atoms with van der Waals surface area (Å²) in [6, 6.07) is 5.79. The zero-order valence-corrected chi connectivity index (χ0v) is 11.1. The summed E-state index contributed by atoms with van der Waals surface area (Å²) in [6.45, 7) is 5.15. The van der Waals surface area contributed by atoms with Gasteiger partial charge in [-0.15, -0.1) is 0 Å². The second-order valence-corrected chi connectivity index (χ2v) is 4.86. The molecule has 1 aliphatic heterocycles. The van der Waals surface area contributed by atoms with E-state index in [0.717, 1.165) is 13.1 Å². The van der Waals surface area contributed by atoms with E-state index < -0.39 is 6.10 Å². The normalized spacial score (nSPS) is 22.2. The molecule has 0 radical (unpaired) electrons. The standard InChI is InChI=1S/C14H20FNO3/c1-11-8-16(6-7-18-11)9-13(17)10-19-14-4-2-12(15)3-5-14/h2-5,11,13,17H,6-10H2,1H3/t11-,13+/m0/s1. The Bertz CT molecular complexity index is 385. The van der Waals surface area contributed by atoms with Gasteiger partial charge < -0.3 is 14.6 Å². The van der Waals surface area contributed by atoms with Gasteiger partial charge in [0.15, 0.2) is 0 Å². The smallest absolute Gasteiger partial charge is 0.123 e. The summed E-state index contributed by atoms with van der Waals surface area (Å²) in [6.07, 6.45) is -0.352. The Kier molecular flexibility index (Phi) is 5.13. The van der Waals surface area contributed by atoms with Gasteiger partial charge in [0.1, 0.15) is 24.3 Å². The molecule has 106 valence electrons. The maximum Gasteiger partial charge on any atom is 0.123 e. The number of ether oxygens (including phenoxy) is 2. The number of benzene rings is 1. The average Bonchev–Trinajstić information content (AvgIpc) is 2.38. The lowest BCUT2D eigenvalue weighted by atomic mass is 10.2. The largest absolute Gasteiger partial charge is 0.491 e. The number of morpholine rings is 1. The molecular weight excluding hydrogens is 249 g/mol. The fraction of sp³-hybridized carbons (Fsp3) is 0.571. The SMILES string of the molecule is C[C@H]1CN(C[C@@H](O)COc2ccc(F)cc2)CCO1. The molecule has 1 aliphatic rings. The highest BCUT2D eigenvalue weighted by Crippen LogP contribution is 2.12. The van der Waals surface area contributed by atoms with Crippen LogP contribution < -0.4 is 4.74 Å². The van der Waals surface area contributed by atoms with Crippen LogP contribution in [0.1, 0.15) is 6.92 Å². The first-order valence-electron chi connectivity index (χ1n) is 6.54.